The molecule has 0 fully saturated rings. The highest BCUT2D eigenvalue weighted by molar-refractivity contribution is 6.11. The van der Waals surface area contributed by atoms with E-state index in [0.29, 0.717) is 22.6 Å². The molecule has 1 N–H and O–H groups in total. The molecule has 1 atom stereocenters. The first kappa shape index (κ1) is 40.5. The Kier molecular flexibility index (Phi) is 9.78. The van der Waals surface area contributed by atoms with Crippen LogP contribution in [0.15, 0.2) is 200 Å². The highest BCUT2D eigenvalue weighted by atomic mass is 16.5. The van der Waals surface area contributed by atoms with Crippen molar-refractivity contribution >= 4 is 59.9 Å². The number of hydrogen-bond acceptors (Lipinski definition) is 3. The molecule has 11 aromatic carbocycles. The van der Waals surface area contributed by atoms with Gasteiger partial charge in [0.2, 0.25) is 0 Å². The molecule has 0 aliphatic heterocycles. The van der Waals surface area contributed by atoms with Crippen LogP contribution in [0, 0.1) is 6.92 Å². The monoisotopic (exact) mass is 864 g/mol. The molecule has 0 saturated carbocycles. The highest BCUT2D eigenvalue weighted by Crippen LogP contribution is 2.56. The number of fused-ring (bicyclic) bond motifs is 6. The molecule has 322 valence electrons. The van der Waals surface area contributed by atoms with Gasteiger partial charge in [-0.15, -0.1) is 0 Å². The molecule has 0 radical (unpaired) electrons. The summed E-state index contributed by atoms with van der Waals surface area (Å²) in [5.41, 5.74) is 9.66. The lowest BCUT2D eigenvalue weighted by Crippen LogP contribution is -2.32. The Morgan fingerprint density at radius 3 is 1.36 bits per heavy atom. The average molecular weight is 865 g/mol. The van der Waals surface area contributed by atoms with Gasteiger partial charge < -0.3 is 14.6 Å². The van der Waals surface area contributed by atoms with E-state index < -0.39 is 5.60 Å². The number of allylic oxidation sites excluding steroid dienone is 1. The van der Waals surface area contributed by atoms with Gasteiger partial charge in [0.15, 0.2) is 0 Å². The van der Waals surface area contributed by atoms with E-state index in [0.717, 1.165) is 111 Å². The molecule has 67 heavy (non-hydrogen) atoms. The van der Waals surface area contributed by atoms with Crippen LogP contribution in [0.5, 0.6) is 11.5 Å². The van der Waals surface area contributed by atoms with Crippen molar-refractivity contribution in [2.24, 2.45) is 0 Å². The molecule has 0 amide bonds. The number of rotatable bonds is 8. The molecular formula is C64H48O3. The first-order valence-corrected chi connectivity index (χ1v) is 23.2. The third kappa shape index (κ3) is 6.30. The van der Waals surface area contributed by atoms with Crippen molar-refractivity contribution in [2.75, 3.05) is 14.2 Å². The largest absolute Gasteiger partial charge is 0.496 e. The summed E-state index contributed by atoms with van der Waals surface area (Å²) in [4.78, 5) is 0. The maximum Gasteiger partial charge on any atom is 0.148 e. The SMILES string of the molecule is COc1c(C(O)(c2cc3ccccc3c(-c3cccc4ccccc34)c2C)c2cc3ccccc3c(-c3cccc4ccccc34)c2OC)cc2ccccc2c1-c1cccc2c1C=CCC2. The van der Waals surface area contributed by atoms with Crippen molar-refractivity contribution in [1.29, 1.82) is 0 Å². The summed E-state index contributed by atoms with van der Waals surface area (Å²) in [6.45, 7) is 2.18. The number of benzene rings is 11. The van der Waals surface area contributed by atoms with Gasteiger partial charge in [-0.1, -0.05) is 188 Å². The Balaban J connectivity index is 1.29. The predicted octanol–water partition coefficient (Wildman–Crippen LogP) is 16.0. The number of aryl methyl sites for hydroxylation is 1. The topological polar surface area (TPSA) is 38.7 Å². The van der Waals surface area contributed by atoms with E-state index in [-0.39, 0.29) is 0 Å². The lowest BCUT2D eigenvalue weighted by Gasteiger charge is -2.37. The molecule has 3 nitrogen and oxygen atoms in total. The van der Waals surface area contributed by atoms with E-state index in [2.05, 4.69) is 213 Å². The van der Waals surface area contributed by atoms with Crippen molar-refractivity contribution in [1.82, 2.24) is 0 Å². The summed E-state index contributed by atoms with van der Waals surface area (Å²) < 4.78 is 13.6. The van der Waals surface area contributed by atoms with Crippen LogP contribution in [0.25, 0.3) is 93.3 Å². The summed E-state index contributed by atoms with van der Waals surface area (Å²) in [6.07, 6.45) is 6.48. The molecule has 1 unspecified atom stereocenters. The highest BCUT2D eigenvalue weighted by Gasteiger charge is 2.44. The van der Waals surface area contributed by atoms with Crippen LogP contribution in [0.1, 0.15) is 39.8 Å². The van der Waals surface area contributed by atoms with Crippen molar-refractivity contribution in [3.63, 3.8) is 0 Å². The number of methoxy groups -OCH3 is 2. The van der Waals surface area contributed by atoms with Crippen LogP contribution in [-0.2, 0) is 12.0 Å². The molecule has 3 heteroatoms. The average Bonchev–Trinajstić information content (AvgIpc) is 3.39. The Morgan fingerprint density at radius 1 is 0.418 bits per heavy atom. The second-order valence-electron chi connectivity index (χ2n) is 17.8. The van der Waals surface area contributed by atoms with Gasteiger partial charge in [0.05, 0.1) is 14.2 Å². The number of ether oxygens (including phenoxy) is 2. The molecule has 1 aliphatic rings. The molecule has 11 aromatic rings. The second-order valence-corrected chi connectivity index (χ2v) is 17.8. The molecule has 0 spiro atoms. The summed E-state index contributed by atoms with van der Waals surface area (Å²) in [6, 6.07) is 68.7. The second kappa shape index (κ2) is 16.2. The van der Waals surface area contributed by atoms with E-state index in [1.54, 1.807) is 14.2 Å². The van der Waals surface area contributed by atoms with E-state index >= 15 is 5.11 Å². The molecule has 0 saturated heterocycles. The number of hydrogen-bond donors (Lipinski definition) is 1. The van der Waals surface area contributed by atoms with E-state index in [9.17, 15) is 0 Å². The summed E-state index contributed by atoms with van der Waals surface area (Å²) in [5, 5.41) is 25.9. The van der Waals surface area contributed by atoms with Crippen LogP contribution in [0.2, 0.25) is 0 Å². The van der Waals surface area contributed by atoms with Crippen molar-refractivity contribution in [3.8, 4) is 44.9 Å². The summed E-state index contributed by atoms with van der Waals surface area (Å²) in [7, 11) is 3.49. The van der Waals surface area contributed by atoms with Gasteiger partial charge in [-0.05, 0) is 136 Å². The van der Waals surface area contributed by atoms with Gasteiger partial charge >= 0.3 is 0 Å². The molecule has 12 rings (SSSR count). The molecule has 0 heterocycles. The van der Waals surface area contributed by atoms with Gasteiger partial charge in [0.1, 0.15) is 17.1 Å². The summed E-state index contributed by atoms with van der Waals surface area (Å²) >= 11 is 0. The Hall–Kier alpha value is -7.98. The van der Waals surface area contributed by atoms with Gasteiger partial charge in [0.25, 0.3) is 0 Å². The first-order valence-electron chi connectivity index (χ1n) is 23.2. The molecule has 0 bridgehead atoms. The lowest BCUT2D eigenvalue weighted by molar-refractivity contribution is 0.118. The normalized spacial score (nSPS) is 13.3. The fourth-order valence-corrected chi connectivity index (χ4v) is 11.3. The minimum Gasteiger partial charge on any atom is -0.496 e. The van der Waals surface area contributed by atoms with Gasteiger partial charge in [-0.3, -0.25) is 0 Å². The predicted molar refractivity (Wildman–Crippen MR) is 280 cm³/mol. The van der Waals surface area contributed by atoms with Gasteiger partial charge in [0, 0.05) is 22.3 Å². The van der Waals surface area contributed by atoms with Crippen LogP contribution < -0.4 is 9.47 Å². The fourth-order valence-electron chi connectivity index (χ4n) is 11.3. The summed E-state index contributed by atoms with van der Waals surface area (Å²) in [5.74, 6) is 1.20. The van der Waals surface area contributed by atoms with Crippen molar-refractivity contribution in [3.05, 3.63) is 234 Å². The van der Waals surface area contributed by atoms with Crippen molar-refractivity contribution in [2.45, 2.75) is 25.4 Å². The standard InChI is InChI=1S/C64H48O3/c1-40-56(37-44-22-7-13-31-50(44)59(40)53-34-16-25-41-19-4-10-28-47(41)53)64(65,57-38-45-23-8-14-32-51(45)60(62(57)66-2)54-35-17-26-42-20-5-11-29-48(42)54)58-39-46-24-9-15-33-52(46)61(63(58)67-3)55-36-18-27-43-21-6-12-30-49(43)55/h4-5,7-20,22-39,65H,6,21H2,1-3H3. The third-order valence-electron chi connectivity index (χ3n) is 14.3. The maximum absolute atomic E-state index is 15.2. The number of aliphatic hydroxyl groups is 1. The smallest absolute Gasteiger partial charge is 0.148 e. The minimum atomic E-state index is -1.88. The first-order chi connectivity index (χ1) is 33.0. The zero-order valence-electron chi connectivity index (χ0n) is 37.8. The van der Waals surface area contributed by atoms with E-state index in [1.807, 2.05) is 0 Å². The zero-order chi connectivity index (χ0) is 45.2. The zero-order valence-corrected chi connectivity index (χ0v) is 37.8. The Labute approximate surface area is 390 Å². The van der Waals surface area contributed by atoms with Gasteiger partial charge in [-0.25, -0.2) is 0 Å². The van der Waals surface area contributed by atoms with E-state index in [4.69, 9.17) is 9.47 Å². The van der Waals surface area contributed by atoms with Crippen LogP contribution in [-0.4, -0.2) is 19.3 Å². The van der Waals surface area contributed by atoms with Gasteiger partial charge in [-0.2, -0.15) is 0 Å². The van der Waals surface area contributed by atoms with E-state index in [1.165, 1.54) is 11.1 Å². The third-order valence-corrected chi connectivity index (χ3v) is 14.3. The van der Waals surface area contributed by atoms with Crippen LogP contribution >= 0.6 is 0 Å². The quantitative estimate of drug-likeness (QED) is 0.155. The minimum absolute atomic E-state index is 0.591. The van der Waals surface area contributed by atoms with Crippen LogP contribution in [0.4, 0.5) is 0 Å². The molecular weight excluding hydrogens is 817 g/mol. The molecule has 1 aliphatic carbocycles. The van der Waals surface area contributed by atoms with Crippen LogP contribution in [0.3, 0.4) is 0 Å². The Morgan fingerprint density at radius 2 is 0.821 bits per heavy atom. The molecule has 0 aromatic heterocycles. The lowest BCUT2D eigenvalue weighted by atomic mass is 9.72. The fraction of sp³-hybridized carbons (Fsp3) is 0.0938. The maximum atomic E-state index is 15.2. The van der Waals surface area contributed by atoms with Crippen molar-refractivity contribution < 1.29 is 14.6 Å². The Bertz CT molecular complexity index is 3810.